The number of para-hydroxylation sites is 1. The van der Waals surface area contributed by atoms with Crippen molar-refractivity contribution >= 4 is 23.4 Å². The van der Waals surface area contributed by atoms with Crippen LogP contribution in [-0.4, -0.2) is 42.3 Å². The Labute approximate surface area is 192 Å². The molecule has 3 N–H and O–H groups in total. The molecule has 0 saturated heterocycles. The molecule has 2 heterocycles. The fourth-order valence-electron chi connectivity index (χ4n) is 4.07. The molecule has 0 unspecified atom stereocenters. The Balaban J connectivity index is 1.49. The molecule has 1 aliphatic heterocycles. The number of nitrogens with one attached hydrogen (secondary N) is 1. The van der Waals surface area contributed by atoms with Crippen molar-refractivity contribution in [2.75, 3.05) is 18.5 Å². The highest BCUT2D eigenvalue weighted by Crippen LogP contribution is 2.24. The van der Waals surface area contributed by atoms with Crippen LogP contribution < -0.4 is 16.0 Å². The van der Waals surface area contributed by atoms with Gasteiger partial charge in [-0.15, -0.1) is 0 Å². The second-order valence-electron chi connectivity index (χ2n) is 8.03. The van der Waals surface area contributed by atoms with E-state index in [1.165, 1.54) is 4.90 Å². The summed E-state index contributed by atoms with van der Waals surface area (Å²) in [5, 5.41) is 2.81. The lowest BCUT2D eigenvalue weighted by Crippen LogP contribution is -2.52. The molecule has 3 aromatic rings. The van der Waals surface area contributed by atoms with Gasteiger partial charge in [0.2, 0.25) is 11.8 Å². The zero-order valence-corrected chi connectivity index (χ0v) is 18.4. The average molecular weight is 447 g/mol. The first-order valence-electron chi connectivity index (χ1n) is 10.7. The summed E-state index contributed by atoms with van der Waals surface area (Å²) >= 11 is 0. The van der Waals surface area contributed by atoms with E-state index in [9.17, 15) is 14.4 Å². The predicted octanol–water partition coefficient (Wildman–Crippen LogP) is 2.08. The standard InChI is InChI=1S/C25H26N4O4/c1-28(21-11-5-4-10-20(21)25(32)27-14-19-9-6-12-33-19)23(30)16-29-15-18-8-3-2-7-17(18)13-22(29)24(26)31/h2-12,22H,13-16H2,1H3,(H2,26,31)(H,27,32)/t22-/m0/s1. The molecule has 1 aromatic heterocycles. The molecule has 1 aliphatic rings. The molecular formula is C25H26N4O4. The normalized spacial score (nSPS) is 15.5. The largest absolute Gasteiger partial charge is 0.467 e. The number of nitrogens with zero attached hydrogens (tertiary/aromatic N) is 2. The fourth-order valence-corrected chi connectivity index (χ4v) is 4.07. The van der Waals surface area contributed by atoms with E-state index in [0.29, 0.717) is 30.0 Å². The average Bonchev–Trinajstić information content (AvgIpc) is 3.35. The van der Waals surface area contributed by atoms with E-state index in [4.69, 9.17) is 10.2 Å². The minimum Gasteiger partial charge on any atom is -0.467 e. The first-order chi connectivity index (χ1) is 15.9. The Hall–Kier alpha value is -3.91. The summed E-state index contributed by atoms with van der Waals surface area (Å²) in [7, 11) is 1.62. The number of hydrogen-bond donors (Lipinski definition) is 2. The second-order valence-corrected chi connectivity index (χ2v) is 8.03. The molecule has 8 heteroatoms. The van der Waals surface area contributed by atoms with Gasteiger partial charge in [0.25, 0.3) is 5.91 Å². The van der Waals surface area contributed by atoms with E-state index < -0.39 is 11.9 Å². The SMILES string of the molecule is CN(C(=O)CN1Cc2ccccc2C[C@H]1C(N)=O)c1ccccc1C(=O)NCc1ccco1. The van der Waals surface area contributed by atoms with Crippen molar-refractivity contribution in [3.63, 3.8) is 0 Å². The van der Waals surface area contributed by atoms with Crippen LogP contribution in [0.1, 0.15) is 27.2 Å². The maximum Gasteiger partial charge on any atom is 0.253 e. The molecule has 3 amide bonds. The Morgan fingerprint density at radius 3 is 2.52 bits per heavy atom. The maximum atomic E-state index is 13.2. The minimum absolute atomic E-state index is 0.000783. The van der Waals surface area contributed by atoms with Crippen molar-refractivity contribution in [3.8, 4) is 0 Å². The third kappa shape index (κ3) is 4.96. The van der Waals surface area contributed by atoms with Gasteiger partial charge < -0.3 is 20.4 Å². The topological polar surface area (TPSA) is 109 Å². The van der Waals surface area contributed by atoms with Gasteiger partial charge in [-0.2, -0.15) is 0 Å². The molecule has 0 aliphatic carbocycles. The van der Waals surface area contributed by atoms with E-state index in [2.05, 4.69) is 5.32 Å². The minimum atomic E-state index is -0.566. The summed E-state index contributed by atoms with van der Waals surface area (Å²) < 4.78 is 5.25. The number of likely N-dealkylation sites (N-methyl/N-ethyl adjacent to an activating group) is 1. The van der Waals surface area contributed by atoms with Crippen LogP contribution in [-0.2, 0) is 29.1 Å². The first kappa shape index (κ1) is 22.3. The van der Waals surface area contributed by atoms with Crippen molar-refractivity contribution in [3.05, 3.63) is 89.4 Å². The summed E-state index contributed by atoms with van der Waals surface area (Å²) in [4.78, 5) is 41.3. The first-order valence-corrected chi connectivity index (χ1v) is 10.7. The molecule has 0 saturated carbocycles. The van der Waals surface area contributed by atoms with Gasteiger partial charge in [-0.3, -0.25) is 19.3 Å². The fraction of sp³-hybridized carbons (Fsp3) is 0.240. The Morgan fingerprint density at radius 2 is 1.79 bits per heavy atom. The number of carbonyl (C=O) groups excluding carboxylic acids is 3. The zero-order chi connectivity index (χ0) is 23.4. The van der Waals surface area contributed by atoms with Crippen LogP contribution in [0.25, 0.3) is 0 Å². The smallest absolute Gasteiger partial charge is 0.253 e. The van der Waals surface area contributed by atoms with Crippen LogP contribution in [0, 0.1) is 0 Å². The van der Waals surface area contributed by atoms with Gasteiger partial charge >= 0.3 is 0 Å². The lowest BCUT2D eigenvalue weighted by molar-refractivity contribution is -0.126. The summed E-state index contributed by atoms with van der Waals surface area (Å²) in [5.41, 5.74) is 8.64. The van der Waals surface area contributed by atoms with Crippen LogP contribution in [0.4, 0.5) is 5.69 Å². The van der Waals surface area contributed by atoms with Gasteiger partial charge in [-0.05, 0) is 41.8 Å². The molecule has 0 radical (unpaired) electrons. The van der Waals surface area contributed by atoms with Crippen molar-refractivity contribution in [2.45, 2.75) is 25.6 Å². The van der Waals surface area contributed by atoms with Crippen LogP contribution >= 0.6 is 0 Å². The summed E-state index contributed by atoms with van der Waals surface area (Å²) in [6.07, 6.45) is 2.01. The second kappa shape index (κ2) is 9.70. The molecule has 170 valence electrons. The van der Waals surface area contributed by atoms with E-state index in [-0.39, 0.29) is 24.9 Å². The third-order valence-electron chi connectivity index (χ3n) is 5.90. The Morgan fingerprint density at radius 1 is 1.06 bits per heavy atom. The van der Waals surface area contributed by atoms with E-state index in [1.807, 2.05) is 24.3 Å². The Bertz CT molecular complexity index is 1160. The van der Waals surface area contributed by atoms with E-state index >= 15 is 0 Å². The van der Waals surface area contributed by atoms with E-state index in [0.717, 1.165) is 11.1 Å². The van der Waals surface area contributed by atoms with Gasteiger partial charge in [0.1, 0.15) is 5.76 Å². The van der Waals surface area contributed by atoms with Gasteiger partial charge in [0, 0.05) is 13.6 Å². The quantitative estimate of drug-likeness (QED) is 0.578. The maximum absolute atomic E-state index is 13.2. The van der Waals surface area contributed by atoms with Crippen LogP contribution in [0.3, 0.4) is 0 Å². The van der Waals surface area contributed by atoms with Gasteiger partial charge in [-0.25, -0.2) is 0 Å². The van der Waals surface area contributed by atoms with Gasteiger partial charge in [0.15, 0.2) is 0 Å². The molecule has 8 nitrogen and oxygen atoms in total. The van der Waals surface area contributed by atoms with Crippen molar-refractivity contribution in [2.24, 2.45) is 5.73 Å². The van der Waals surface area contributed by atoms with Crippen molar-refractivity contribution < 1.29 is 18.8 Å². The molecule has 0 spiro atoms. The van der Waals surface area contributed by atoms with Crippen molar-refractivity contribution in [1.29, 1.82) is 0 Å². The number of carbonyl (C=O) groups is 3. The molecular weight excluding hydrogens is 420 g/mol. The van der Waals surface area contributed by atoms with Crippen LogP contribution in [0.5, 0.6) is 0 Å². The molecule has 4 rings (SSSR count). The number of fused-ring (bicyclic) bond motifs is 1. The number of rotatable bonds is 7. The third-order valence-corrected chi connectivity index (χ3v) is 5.90. The highest BCUT2D eigenvalue weighted by atomic mass is 16.3. The number of nitrogens with two attached hydrogens (primary N) is 1. The Kier molecular flexibility index (Phi) is 6.55. The molecule has 2 aromatic carbocycles. The summed E-state index contributed by atoms with van der Waals surface area (Å²) in [6.45, 7) is 0.695. The predicted molar refractivity (Wildman–Crippen MR) is 123 cm³/mol. The molecule has 0 bridgehead atoms. The van der Waals surface area contributed by atoms with Crippen LogP contribution in [0.15, 0.2) is 71.3 Å². The monoisotopic (exact) mass is 446 g/mol. The van der Waals surface area contributed by atoms with Crippen LogP contribution in [0.2, 0.25) is 0 Å². The lowest BCUT2D eigenvalue weighted by Gasteiger charge is -2.35. The molecule has 33 heavy (non-hydrogen) atoms. The number of anilines is 1. The number of amides is 3. The van der Waals surface area contributed by atoms with Gasteiger partial charge in [-0.1, -0.05) is 36.4 Å². The lowest BCUT2D eigenvalue weighted by atomic mass is 9.93. The molecule has 0 fully saturated rings. The zero-order valence-electron chi connectivity index (χ0n) is 18.4. The molecule has 1 atom stereocenters. The number of furan rings is 1. The number of hydrogen-bond acceptors (Lipinski definition) is 5. The number of primary amides is 1. The summed E-state index contributed by atoms with van der Waals surface area (Å²) in [5.74, 6) is -0.388. The highest BCUT2D eigenvalue weighted by molar-refractivity contribution is 6.05. The van der Waals surface area contributed by atoms with Crippen molar-refractivity contribution in [1.82, 2.24) is 10.2 Å². The van der Waals surface area contributed by atoms with Gasteiger partial charge in [0.05, 0.1) is 36.6 Å². The highest BCUT2D eigenvalue weighted by Gasteiger charge is 2.32. The number of benzene rings is 2. The summed E-state index contributed by atoms with van der Waals surface area (Å²) in [6, 6.07) is 17.7. The van der Waals surface area contributed by atoms with E-state index in [1.54, 1.807) is 54.6 Å².